The number of fused-ring (bicyclic) bond motifs is 1. The highest BCUT2D eigenvalue weighted by molar-refractivity contribution is 6.01. The first-order chi connectivity index (χ1) is 15.8. The Morgan fingerprint density at radius 2 is 2.18 bits per heavy atom. The maximum Gasteiger partial charge on any atom is 0.255 e. The molecular formula is C23H21FN6O3. The normalized spacial score (nSPS) is 21.7. The van der Waals surface area contributed by atoms with E-state index in [1.54, 1.807) is 32.4 Å². The zero-order chi connectivity index (χ0) is 23.3. The van der Waals surface area contributed by atoms with Crippen molar-refractivity contribution in [1.82, 2.24) is 20.1 Å². The smallest absolute Gasteiger partial charge is 0.255 e. The average Bonchev–Trinajstić information content (AvgIpc) is 3.50. The number of amides is 1. The van der Waals surface area contributed by atoms with Crippen LogP contribution in [0.15, 0.2) is 36.5 Å². The van der Waals surface area contributed by atoms with E-state index in [2.05, 4.69) is 15.4 Å². The molecule has 2 aromatic heterocycles. The summed E-state index contributed by atoms with van der Waals surface area (Å²) in [4.78, 5) is 18.9. The number of aliphatic hydroxyl groups is 1. The average molecular weight is 448 g/mol. The number of nitriles is 1. The minimum absolute atomic E-state index is 0.0781. The van der Waals surface area contributed by atoms with Gasteiger partial charge in [0, 0.05) is 25.9 Å². The molecule has 1 saturated heterocycles. The molecule has 0 unspecified atom stereocenters. The van der Waals surface area contributed by atoms with Gasteiger partial charge in [0.15, 0.2) is 5.82 Å². The second kappa shape index (κ2) is 7.65. The van der Waals surface area contributed by atoms with E-state index in [0.29, 0.717) is 35.9 Å². The summed E-state index contributed by atoms with van der Waals surface area (Å²) in [7, 11) is 1.56. The molecule has 0 spiro atoms. The van der Waals surface area contributed by atoms with Crippen LogP contribution in [0, 0.1) is 17.1 Å². The van der Waals surface area contributed by atoms with Gasteiger partial charge < -0.3 is 20.1 Å². The molecule has 4 heterocycles. The maximum absolute atomic E-state index is 14.7. The first-order valence-corrected chi connectivity index (χ1v) is 10.4. The monoisotopic (exact) mass is 448 g/mol. The zero-order valence-corrected chi connectivity index (χ0v) is 18.0. The molecule has 1 amide bonds. The number of ether oxygens (including phenoxy) is 1. The topological polar surface area (TPSA) is 116 Å². The van der Waals surface area contributed by atoms with Crippen LogP contribution < -0.4 is 10.2 Å². The van der Waals surface area contributed by atoms with Crippen molar-refractivity contribution in [3.8, 4) is 23.0 Å². The molecule has 0 bridgehead atoms. The molecule has 33 heavy (non-hydrogen) atoms. The standard InChI is InChI=1S/C23H21FN6O3/c1-23(32)12-29(11-18(23)33-2)19-6-7-30(28-19)17-8-15(27-16-10-26-22(31)21(16)17)20-13(9-25)4-3-5-14(20)24/h3-8,18,32H,10-12H2,1-2H3,(H,26,31)/t18-,23+/m0/s1. The van der Waals surface area contributed by atoms with E-state index in [-0.39, 0.29) is 35.4 Å². The van der Waals surface area contributed by atoms with E-state index < -0.39 is 11.4 Å². The van der Waals surface area contributed by atoms with Crippen molar-refractivity contribution in [2.24, 2.45) is 0 Å². The largest absolute Gasteiger partial charge is 0.386 e. The number of pyridine rings is 1. The number of nitrogens with zero attached hydrogens (tertiary/aromatic N) is 5. The Labute approximate surface area is 189 Å². The molecular weight excluding hydrogens is 427 g/mol. The van der Waals surface area contributed by atoms with Gasteiger partial charge in [-0.1, -0.05) is 6.07 Å². The van der Waals surface area contributed by atoms with Gasteiger partial charge in [0.1, 0.15) is 17.5 Å². The number of rotatable bonds is 4. The molecule has 0 radical (unpaired) electrons. The molecule has 5 rings (SSSR count). The highest BCUT2D eigenvalue weighted by atomic mass is 19.1. The number of nitrogens with one attached hydrogen (secondary N) is 1. The van der Waals surface area contributed by atoms with E-state index >= 15 is 0 Å². The lowest BCUT2D eigenvalue weighted by Gasteiger charge is -2.22. The van der Waals surface area contributed by atoms with Crippen LogP contribution in [0.5, 0.6) is 0 Å². The van der Waals surface area contributed by atoms with Gasteiger partial charge in [0.25, 0.3) is 5.91 Å². The number of aromatic nitrogens is 3. The fourth-order valence-corrected chi connectivity index (χ4v) is 4.47. The Morgan fingerprint density at radius 3 is 2.91 bits per heavy atom. The van der Waals surface area contributed by atoms with Crippen LogP contribution in [0.3, 0.4) is 0 Å². The number of hydrogen-bond donors (Lipinski definition) is 2. The number of β-amino-alcohol motifs (C(OH)–C–C–N with tert-alkyl or cyclic N) is 1. The molecule has 0 saturated carbocycles. The van der Waals surface area contributed by atoms with Gasteiger partial charge in [0.05, 0.1) is 52.9 Å². The van der Waals surface area contributed by atoms with Crippen LogP contribution in [0.2, 0.25) is 0 Å². The van der Waals surface area contributed by atoms with Gasteiger partial charge in [-0.05, 0) is 25.1 Å². The number of anilines is 1. The second-order valence-corrected chi connectivity index (χ2v) is 8.39. The van der Waals surface area contributed by atoms with Crippen molar-refractivity contribution in [2.75, 3.05) is 25.1 Å². The molecule has 1 aromatic carbocycles. The van der Waals surface area contributed by atoms with E-state index in [0.717, 1.165) is 0 Å². The molecule has 2 aliphatic rings. The lowest BCUT2D eigenvalue weighted by atomic mass is 10.0. The summed E-state index contributed by atoms with van der Waals surface area (Å²) in [6, 6.07) is 9.60. The van der Waals surface area contributed by atoms with Crippen molar-refractivity contribution >= 4 is 11.7 Å². The predicted molar refractivity (Wildman–Crippen MR) is 116 cm³/mol. The number of methoxy groups -OCH3 is 1. The van der Waals surface area contributed by atoms with Gasteiger partial charge in [-0.2, -0.15) is 10.4 Å². The molecule has 9 nitrogen and oxygen atoms in total. The highest BCUT2D eigenvalue weighted by Crippen LogP contribution is 2.32. The van der Waals surface area contributed by atoms with Crippen molar-refractivity contribution in [2.45, 2.75) is 25.2 Å². The third-order valence-electron chi connectivity index (χ3n) is 6.13. The van der Waals surface area contributed by atoms with Crippen LogP contribution in [-0.2, 0) is 11.3 Å². The molecule has 0 aliphatic carbocycles. The first kappa shape index (κ1) is 21.1. The fourth-order valence-electron chi connectivity index (χ4n) is 4.47. The van der Waals surface area contributed by atoms with Gasteiger partial charge in [-0.3, -0.25) is 4.79 Å². The fraction of sp³-hybridized carbons (Fsp3) is 0.304. The van der Waals surface area contributed by atoms with Crippen LogP contribution in [-0.4, -0.2) is 57.7 Å². The summed E-state index contributed by atoms with van der Waals surface area (Å²) >= 11 is 0. The summed E-state index contributed by atoms with van der Waals surface area (Å²) in [5.74, 6) is -0.270. The first-order valence-electron chi connectivity index (χ1n) is 10.4. The van der Waals surface area contributed by atoms with Crippen LogP contribution in [0.1, 0.15) is 28.5 Å². The number of hydrogen-bond acceptors (Lipinski definition) is 7. The van der Waals surface area contributed by atoms with Gasteiger partial charge >= 0.3 is 0 Å². The summed E-state index contributed by atoms with van der Waals surface area (Å²) < 4.78 is 21.6. The van der Waals surface area contributed by atoms with E-state index in [1.807, 2.05) is 11.0 Å². The summed E-state index contributed by atoms with van der Waals surface area (Å²) in [5, 5.41) is 27.4. The third-order valence-corrected chi connectivity index (χ3v) is 6.13. The molecule has 10 heteroatoms. The van der Waals surface area contributed by atoms with Gasteiger partial charge in [0.2, 0.25) is 0 Å². The number of halogens is 1. The Balaban J connectivity index is 1.61. The SMILES string of the molecule is CO[C@H]1CN(c2ccn(-c3cc(-c4c(F)cccc4C#N)nc4c3C(=O)NC4)n2)C[C@@]1(C)O. The van der Waals surface area contributed by atoms with E-state index in [1.165, 1.54) is 22.9 Å². The quantitative estimate of drug-likeness (QED) is 0.625. The van der Waals surface area contributed by atoms with Gasteiger partial charge in [-0.15, -0.1) is 0 Å². The lowest BCUT2D eigenvalue weighted by Crippen LogP contribution is -2.39. The number of carbonyl (C=O) groups excluding carboxylic acids is 1. The van der Waals surface area contributed by atoms with Crippen LogP contribution in [0.4, 0.5) is 10.2 Å². The molecule has 3 aromatic rings. The van der Waals surface area contributed by atoms with Crippen LogP contribution in [0.25, 0.3) is 16.9 Å². The molecule has 1 fully saturated rings. The Bertz CT molecular complexity index is 1310. The zero-order valence-electron chi connectivity index (χ0n) is 18.0. The summed E-state index contributed by atoms with van der Waals surface area (Å²) in [6.45, 7) is 2.71. The Morgan fingerprint density at radius 1 is 1.36 bits per heavy atom. The minimum atomic E-state index is -1.03. The Kier molecular flexibility index (Phi) is 4.88. The minimum Gasteiger partial charge on any atom is -0.386 e. The van der Waals surface area contributed by atoms with Crippen molar-refractivity contribution in [1.29, 1.82) is 5.26 Å². The van der Waals surface area contributed by atoms with E-state index in [4.69, 9.17) is 4.74 Å². The predicted octanol–water partition coefficient (Wildman–Crippen LogP) is 1.77. The van der Waals surface area contributed by atoms with E-state index in [9.17, 15) is 19.6 Å². The van der Waals surface area contributed by atoms with Crippen molar-refractivity contribution in [3.05, 3.63) is 59.2 Å². The van der Waals surface area contributed by atoms with Gasteiger partial charge in [-0.25, -0.2) is 14.1 Å². The van der Waals surface area contributed by atoms with Crippen LogP contribution >= 0.6 is 0 Å². The number of benzene rings is 1. The maximum atomic E-state index is 14.7. The van der Waals surface area contributed by atoms with Crippen molar-refractivity contribution in [3.63, 3.8) is 0 Å². The third kappa shape index (κ3) is 3.42. The Hall–Kier alpha value is -3.81. The number of carbonyl (C=O) groups is 1. The molecule has 2 atom stereocenters. The molecule has 2 N–H and O–H groups in total. The lowest BCUT2D eigenvalue weighted by molar-refractivity contribution is -0.0472. The second-order valence-electron chi connectivity index (χ2n) is 8.39. The highest BCUT2D eigenvalue weighted by Gasteiger charge is 2.42. The molecule has 168 valence electrons. The van der Waals surface area contributed by atoms with Crippen molar-refractivity contribution < 1.29 is 19.0 Å². The molecule has 2 aliphatic heterocycles. The summed E-state index contributed by atoms with van der Waals surface area (Å²) in [6.07, 6.45) is 1.33. The summed E-state index contributed by atoms with van der Waals surface area (Å²) in [5.41, 5.74) is 0.688.